The highest BCUT2D eigenvalue weighted by Crippen LogP contribution is 2.40. The first kappa shape index (κ1) is 32.7. The molecule has 220 valence electrons. The Morgan fingerprint density at radius 1 is 0.538 bits per heavy atom. The van der Waals surface area contributed by atoms with Crippen LogP contribution in [-0.4, -0.2) is 12.6 Å². The van der Waals surface area contributed by atoms with Crippen molar-refractivity contribution in [2.75, 3.05) is 6.54 Å². The van der Waals surface area contributed by atoms with Crippen LogP contribution in [0.2, 0.25) is 0 Å². The summed E-state index contributed by atoms with van der Waals surface area (Å²) in [6.07, 6.45) is -19.9. The summed E-state index contributed by atoms with van der Waals surface area (Å²) in [6, 6.07) is 1.19. The van der Waals surface area contributed by atoms with Gasteiger partial charge in [-0.05, 0) is 92.1 Å². The number of aryl methyl sites for hydroxylation is 1. The number of benzene rings is 2. The summed E-state index contributed by atoms with van der Waals surface area (Å²) in [5, 5.41) is 0. The Bertz CT molecular complexity index is 1020. The van der Waals surface area contributed by atoms with Crippen LogP contribution in [0.5, 0.6) is 0 Å². The number of rotatable bonds is 10. The van der Waals surface area contributed by atoms with Crippen LogP contribution < -0.4 is 11.5 Å². The smallest absolute Gasteiger partial charge is 0.330 e. The molecule has 0 aliphatic heterocycles. The zero-order valence-corrected chi connectivity index (χ0v) is 20.3. The molecule has 0 amide bonds. The normalized spacial score (nSPS) is 14.9. The summed E-state index contributed by atoms with van der Waals surface area (Å²) in [5.41, 5.74) is 4.94. The second-order valence-corrected chi connectivity index (χ2v) is 9.20. The van der Waals surface area contributed by atoms with Gasteiger partial charge in [-0.15, -0.1) is 0 Å². The molecule has 2 atom stereocenters. The molecule has 0 heterocycles. The first-order valence-electron chi connectivity index (χ1n) is 11.8. The lowest BCUT2D eigenvalue weighted by Gasteiger charge is -2.26. The quantitative estimate of drug-likeness (QED) is 0.219. The standard InChI is InChI=1S/C25H26F12N2/c26-22(27,28)16-8-14(9-17(12-16)23(29,30)31)4-3-6-21(39)20(5-1-2-7-38)15-10-18(24(32,33)34)13-19(11-15)25(35,36)37/h8-13,20-21H,1-7,38-39H2. The maximum atomic E-state index is 13.4. The molecule has 0 aliphatic rings. The van der Waals surface area contributed by atoms with Gasteiger partial charge in [0.1, 0.15) is 0 Å². The minimum absolute atomic E-state index is 0.0160. The summed E-state index contributed by atoms with van der Waals surface area (Å²) in [7, 11) is 0. The first-order valence-corrected chi connectivity index (χ1v) is 11.8. The fourth-order valence-corrected chi connectivity index (χ4v) is 4.24. The first-order chi connectivity index (χ1) is 17.7. The average Bonchev–Trinajstić information content (AvgIpc) is 2.79. The molecule has 0 bridgehead atoms. The minimum atomic E-state index is -5.08. The van der Waals surface area contributed by atoms with Crippen LogP contribution in [0.15, 0.2) is 36.4 Å². The summed E-state index contributed by atoms with van der Waals surface area (Å²) >= 11 is 0. The van der Waals surface area contributed by atoms with Crippen LogP contribution in [-0.2, 0) is 31.1 Å². The van der Waals surface area contributed by atoms with E-state index >= 15 is 0 Å². The lowest BCUT2D eigenvalue weighted by atomic mass is 9.83. The van der Waals surface area contributed by atoms with Crippen molar-refractivity contribution in [3.63, 3.8) is 0 Å². The Morgan fingerprint density at radius 3 is 1.33 bits per heavy atom. The van der Waals surface area contributed by atoms with E-state index in [2.05, 4.69) is 0 Å². The highest BCUT2D eigenvalue weighted by molar-refractivity contribution is 5.36. The minimum Gasteiger partial charge on any atom is -0.330 e. The number of unbranched alkanes of at least 4 members (excludes halogenated alkanes) is 1. The highest BCUT2D eigenvalue weighted by Gasteiger charge is 2.39. The second-order valence-electron chi connectivity index (χ2n) is 9.20. The van der Waals surface area contributed by atoms with E-state index in [1.807, 2.05) is 0 Å². The van der Waals surface area contributed by atoms with E-state index in [1.165, 1.54) is 0 Å². The third-order valence-electron chi connectivity index (χ3n) is 6.17. The van der Waals surface area contributed by atoms with Crippen molar-refractivity contribution in [3.05, 3.63) is 69.8 Å². The van der Waals surface area contributed by atoms with E-state index in [9.17, 15) is 52.7 Å². The number of hydrogen-bond donors (Lipinski definition) is 2. The molecule has 0 saturated heterocycles. The maximum Gasteiger partial charge on any atom is 0.416 e. The van der Waals surface area contributed by atoms with Crippen molar-refractivity contribution in [1.82, 2.24) is 0 Å². The maximum absolute atomic E-state index is 13.4. The van der Waals surface area contributed by atoms with Gasteiger partial charge in [0, 0.05) is 6.04 Å². The molecule has 0 radical (unpaired) electrons. The molecule has 4 N–H and O–H groups in total. The monoisotopic (exact) mass is 582 g/mol. The molecule has 0 fully saturated rings. The lowest BCUT2D eigenvalue weighted by molar-refractivity contribution is -0.144. The van der Waals surface area contributed by atoms with Gasteiger partial charge in [-0.3, -0.25) is 0 Å². The molecule has 2 aromatic carbocycles. The van der Waals surface area contributed by atoms with Crippen LogP contribution >= 0.6 is 0 Å². The zero-order chi connectivity index (χ0) is 29.8. The van der Waals surface area contributed by atoms with Gasteiger partial charge in [-0.1, -0.05) is 6.42 Å². The molecule has 2 aromatic rings. The predicted octanol–water partition coefficient (Wildman–Crippen LogP) is 8.32. The Labute approximate surface area is 216 Å². The van der Waals surface area contributed by atoms with Crippen LogP contribution in [0.1, 0.15) is 71.4 Å². The van der Waals surface area contributed by atoms with E-state index < -0.39 is 58.9 Å². The number of alkyl halides is 12. The Morgan fingerprint density at radius 2 is 0.949 bits per heavy atom. The van der Waals surface area contributed by atoms with Crippen molar-refractivity contribution in [2.24, 2.45) is 11.5 Å². The molecule has 0 saturated carbocycles. The topological polar surface area (TPSA) is 52.0 Å². The van der Waals surface area contributed by atoms with Gasteiger partial charge >= 0.3 is 24.7 Å². The van der Waals surface area contributed by atoms with Crippen LogP contribution in [0.3, 0.4) is 0 Å². The molecular formula is C25H26F12N2. The SMILES string of the molecule is NCCCCC(c1cc(C(F)(F)F)cc(C(F)(F)F)c1)C(N)CCCc1cc(C(F)(F)F)cc(C(F)(F)F)c1. The Hall–Kier alpha value is -2.48. The van der Waals surface area contributed by atoms with Gasteiger partial charge in [-0.2, -0.15) is 52.7 Å². The van der Waals surface area contributed by atoms with Gasteiger partial charge in [0.25, 0.3) is 0 Å². The highest BCUT2D eigenvalue weighted by atomic mass is 19.4. The average molecular weight is 582 g/mol. The van der Waals surface area contributed by atoms with Crippen molar-refractivity contribution in [1.29, 1.82) is 0 Å². The van der Waals surface area contributed by atoms with Gasteiger partial charge in [0.15, 0.2) is 0 Å². The van der Waals surface area contributed by atoms with E-state index in [0.29, 0.717) is 37.1 Å². The van der Waals surface area contributed by atoms with Crippen LogP contribution in [0.4, 0.5) is 52.7 Å². The van der Waals surface area contributed by atoms with Crippen molar-refractivity contribution in [3.8, 4) is 0 Å². The molecule has 0 spiro atoms. The number of hydrogen-bond acceptors (Lipinski definition) is 2. The Kier molecular flexibility index (Phi) is 10.4. The summed E-state index contributed by atoms with van der Waals surface area (Å²) in [4.78, 5) is 0. The predicted molar refractivity (Wildman–Crippen MR) is 119 cm³/mol. The molecule has 2 rings (SSSR count). The van der Waals surface area contributed by atoms with Gasteiger partial charge in [-0.25, -0.2) is 0 Å². The molecule has 0 aromatic heterocycles. The van der Waals surface area contributed by atoms with Crippen LogP contribution in [0.25, 0.3) is 0 Å². The largest absolute Gasteiger partial charge is 0.416 e. The molecule has 0 aliphatic carbocycles. The van der Waals surface area contributed by atoms with Crippen molar-refractivity contribution in [2.45, 2.75) is 75.2 Å². The second kappa shape index (κ2) is 12.4. The molecular weight excluding hydrogens is 556 g/mol. The number of nitrogens with two attached hydrogens (primary N) is 2. The van der Waals surface area contributed by atoms with Gasteiger partial charge in [0.05, 0.1) is 22.3 Å². The summed E-state index contributed by atoms with van der Waals surface area (Å²) < 4.78 is 159. The number of halogens is 12. The molecule has 39 heavy (non-hydrogen) atoms. The van der Waals surface area contributed by atoms with Gasteiger partial charge in [0.2, 0.25) is 0 Å². The zero-order valence-electron chi connectivity index (χ0n) is 20.3. The summed E-state index contributed by atoms with van der Waals surface area (Å²) in [6.45, 7) is 0.204. The van der Waals surface area contributed by atoms with E-state index in [4.69, 9.17) is 11.5 Å². The molecule has 2 unspecified atom stereocenters. The van der Waals surface area contributed by atoms with Crippen LogP contribution in [0, 0.1) is 0 Å². The van der Waals surface area contributed by atoms with E-state index in [1.54, 1.807) is 0 Å². The summed E-state index contributed by atoms with van der Waals surface area (Å²) in [5.74, 6) is -1.01. The van der Waals surface area contributed by atoms with E-state index in [0.717, 1.165) is 0 Å². The fraction of sp³-hybridized carbons (Fsp3) is 0.520. The third kappa shape index (κ3) is 9.59. The molecule has 14 heteroatoms. The van der Waals surface area contributed by atoms with Crippen molar-refractivity contribution < 1.29 is 52.7 Å². The Balaban J connectivity index is 2.34. The van der Waals surface area contributed by atoms with Gasteiger partial charge < -0.3 is 11.5 Å². The third-order valence-corrected chi connectivity index (χ3v) is 6.17. The van der Waals surface area contributed by atoms with E-state index in [-0.39, 0.29) is 55.5 Å². The lowest BCUT2D eigenvalue weighted by Crippen LogP contribution is -2.29. The fourth-order valence-electron chi connectivity index (χ4n) is 4.24. The molecule has 2 nitrogen and oxygen atoms in total. The van der Waals surface area contributed by atoms with Crippen molar-refractivity contribution >= 4 is 0 Å².